The highest BCUT2D eigenvalue weighted by Crippen LogP contribution is 2.12. The van der Waals surface area contributed by atoms with Crippen molar-refractivity contribution in [3.63, 3.8) is 0 Å². The summed E-state index contributed by atoms with van der Waals surface area (Å²) in [6, 6.07) is 0.314. The molecule has 1 amide bonds. The van der Waals surface area contributed by atoms with Gasteiger partial charge in [-0.25, -0.2) is 0 Å². The van der Waals surface area contributed by atoms with Gasteiger partial charge in [0.1, 0.15) is 29.5 Å². The molecule has 0 saturated heterocycles. The lowest BCUT2D eigenvalue weighted by Gasteiger charge is -2.34. The zero-order chi connectivity index (χ0) is 29.8. The molecule has 10 nitrogen and oxygen atoms in total. The molecule has 0 radical (unpaired) electrons. The monoisotopic (exact) mass is 558 g/mol. The molecular weight excluding hydrogens is 504 g/mol. The molecule has 0 aliphatic heterocycles. The molecule has 0 aliphatic rings. The van der Waals surface area contributed by atoms with Gasteiger partial charge in [-0.2, -0.15) is 0 Å². The summed E-state index contributed by atoms with van der Waals surface area (Å²) < 4.78 is 23.0. The van der Waals surface area contributed by atoms with E-state index in [0.717, 1.165) is 0 Å². The second-order valence-corrected chi connectivity index (χ2v) is 11.3. The van der Waals surface area contributed by atoms with Crippen molar-refractivity contribution in [1.82, 2.24) is 10.6 Å². The van der Waals surface area contributed by atoms with E-state index in [1.807, 2.05) is 55.4 Å². The fourth-order valence-electron chi connectivity index (χ4n) is 3.34. The molecule has 0 heterocycles. The Labute approximate surface area is 235 Å². The van der Waals surface area contributed by atoms with E-state index < -0.39 is 5.54 Å². The maximum absolute atomic E-state index is 12.9. The lowest BCUT2D eigenvalue weighted by molar-refractivity contribution is -0.134. The summed E-state index contributed by atoms with van der Waals surface area (Å²) in [6.07, 6.45) is 0.753. The predicted molar refractivity (Wildman–Crippen MR) is 151 cm³/mol. The lowest BCUT2D eigenvalue weighted by atomic mass is 10.0. The van der Waals surface area contributed by atoms with Crippen molar-refractivity contribution >= 4 is 23.3 Å². The van der Waals surface area contributed by atoms with Crippen molar-refractivity contribution in [2.75, 3.05) is 59.4 Å². The largest absolute Gasteiger partial charge is 0.378 e. The maximum atomic E-state index is 12.9. The summed E-state index contributed by atoms with van der Waals surface area (Å²) in [6.45, 7) is 16.5. The summed E-state index contributed by atoms with van der Waals surface area (Å²) in [5.74, 6) is -0.401. The third-order valence-corrected chi connectivity index (χ3v) is 5.98. The molecule has 0 saturated carbocycles. The number of ketones is 3. The summed E-state index contributed by atoms with van der Waals surface area (Å²) in [7, 11) is 0. The van der Waals surface area contributed by atoms with Crippen molar-refractivity contribution in [1.29, 1.82) is 0 Å². The van der Waals surface area contributed by atoms with Gasteiger partial charge in [0.2, 0.25) is 5.91 Å². The van der Waals surface area contributed by atoms with Crippen LogP contribution in [-0.2, 0) is 38.1 Å². The molecule has 10 heteroatoms. The molecule has 0 spiro atoms. The number of amides is 1. The van der Waals surface area contributed by atoms with Gasteiger partial charge in [0.15, 0.2) is 0 Å². The standard InChI is InChI=1S/C29H54N2O8/c1-21(2)25(32)9-13-37-18-29(19-38-14-10-26(33)22(3)4,20-39-15-11-27(34)23(5)6)31-28(35)17-36-16-12-30-24(7)8/h21-24,30H,9-20H2,1-8H3,(H,31,35). The Balaban J connectivity index is 5.39. The van der Waals surface area contributed by atoms with Crippen LogP contribution < -0.4 is 10.6 Å². The van der Waals surface area contributed by atoms with E-state index in [4.69, 9.17) is 18.9 Å². The van der Waals surface area contributed by atoms with Crippen LogP contribution in [0.3, 0.4) is 0 Å². The van der Waals surface area contributed by atoms with Gasteiger partial charge in [-0.1, -0.05) is 55.4 Å². The first-order valence-electron chi connectivity index (χ1n) is 14.2. The van der Waals surface area contributed by atoms with Crippen LogP contribution >= 0.6 is 0 Å². The van der Waals surface area contributed by atoms with E-state index in [1.165, 1.54) is 0 Å². The summed E-state index contributed by atoms with van der Waals surface area (Å²) in [5.41, 5.74) is -1.10. The highest BCUT2D eigenvalue weighted by Gasteiger charge is 2.34. The molecule has 0 aromatic heterocycles. The van der Waals surface area contributed by atoms with Gasteiger partial charge in [-0.05, 0) is 0 Å². The maximum Gasteiger partial charge on any atom is 0.246 e. The Hall–Kier alpha value is -1.72. The Bertz CT molecular complexity index is 653. The number of rotatable bonds is 25. The first-order chi connectivity index (χ1) is 18.3. The third-order valence-electron chi connectivity index (χ3n) is 5.98. The van der Waals surface area contributed by atoms with E-state index in [2.05, 4.69) is 10.6 Å². The van der Waals surface area contributed by atoms with Gasteiger partial charge in [0, 0.05) is 49.6 Å². The quantitative estimate of drug-likeness (QED) is 0.163. The van der Waals surface area contributed by atoms with Crippen LogP contribution in [-0.4, -0.2) is 94.2 Å². The molecule has 0 fully saturated rings. The number of nitrogens with one attached hydrogen (secondary N) is 2. The van der Waals surface area contributed by atoms with Crippen LogP contribution in [0.2, 0.25) is 0 Å². The molecule has 0 atom stereocenters. The number of Topliss-reactive ketones (excluding diaryl/α,β-unsaturated/α-hetero) is 3. The molecule has 228 valence electrons. The van der Waals surface area contributed by atoms with E-state index in [9.17, 15) is 19.2 Å². The Morgan fingerprint density at radius 2 is 0.974 bits per heavy atom. The minimum absolute atomic E-state index is 0.0231. The van der Waals surface area contributed by atoms with E-state index in [-0.39, 0.29) is 107 Å². The molecule has 0 aromatic rings. The van der Waals surface area contributed by atoms with Crippen molar-refractivity contribution < 1.29 is 38.1 Å². The van der Waals surface area contributed by atoms with Crippen LogP contribution in [0.5, 0.6) is 0 Å². The van der Waals surface area contributed by atoms with Crippen LogP contribution in [0.15, 0.2) is 0 Å². The molecule has 0 aromatic carbocycles. The van der Waals surface area contributed by atoms with Crippen molar-refractivity contribution in [3.8, 4) is 0 Å². The zero-order valence-corrected chi connectivity index (χ0v) is 25.6. The number of carbonyl (C=O) groups is 4. The summed E-state index contributed by atoms with van der Waals surface area (Å²) in [4.78, 5) is 49.0. The molecule has 2 N–H and O–H groups in total. The first kappa shape index (κ1) is 37.3. The molecule has 0 unspecified atom stereocenters. The lowest BCUT2D eigenvalue weighted by Crippen LogP contribution is -2.59. The number of hydrogen-bond donors (Lipinski definition) is 2. The van der Waals surface area contributed by atoms with Gasteiger partial charge in [0.25, 0.3) is 0 Å². The zero-order valence-electron chi connectivity index (χ0n) is 25.6. The first-order valence-corrected chi connectivity index (χ1v) is 14.2. The molecule has 0 aliphatic carbocycles. The average molecular weight is 559 g/mol. The van der Waals surface area contributed by atoms with Crippen molar-refractivity contribution in [3.05, 3.63) is 0 Å². The van der Waals surface area contributed by atoms with Crippen LogP contribution in [0.1, 0.15) is 74.7 Å². The molecular formula is C29H54N2O8. The van der Waals surface area contributed by atoms with Gasteiger partial charge < -0.3 is 29.6 Å². The molecule has 39 heavy (non-hydrogen) atoms. The Morgan fingerprint density at radius 3 is 1.31 bits per heavy atom. The van der Waals surface area contributed by atoms with Gasteiger partial charge >= 0.3 is 0 Å². The third kappa shape index (κ3) is 19.1. The van der Waals surface area contributed by atoms with Gasteiger partial charge in [0.05, 0.1) is 46.2 Å². The molecule has 0 rings (SSSR count). The average Bonchev–Trinajstić information content (AvgIpc) is 2.85. The fourth-order valence-corrected chi connectivity index (χ4v) is 3.34. The fraction of sp³-hybridized carbons (Fsp3) is 0.862. The second kappa shape index (κ2) is 21.1. The highest BCUT2D eigenvalue weighted by molar-refractivity contribution is 5.81. The van der Waals surface area contributed by atoms with Gasteiger partial charge in [-0.15, -0.1) is 0 Å². The van der Waals surface area contributed by atoms with Crippen LogP contribution in [0, 0.1) is 17.8 Å². The number of hydrogen-bond acceptors (Lipinski definition) is 9. The summed E-state index contributed by atoms with van der Waals surface area (Å²) >= 11 is 0. The predicted octanol–water partition coefficient (Wildman–Crippen LogP) is 2.75. The number of ether oxygens (including phenoxy) is 4. The van der Waals surface area contributed by atoms with Crippen molar-refractivity contribution in [2.45, 2.75) is 86.2 Å². The number of carbonyl (C=O) groups excluding carboxylic acids is 4. The second-order valence-electron chi connectivity index (χ2n) is 11.3. The minimum Gasteiger partial charge on any atom is -0.378 e. The van der Waals surface area contributed by atoms with Crippen LogP contribution in [0.25, 0.3) is 0 Å². The minimum atomic E-state index is -1.10. The molecule has 0 bridgehead atoms. The van der Waals surface area contributed by atoms with E-state index in [0.29, 0.717) is 19.2 Å². The SMILES string of the molecule is CC(C)NCCOCC(=O)NC(COCCC(=O)C(C)C)(COCCC(=O)C(C)C)COCCC(=O)C(C)C. The van der Waals surface area contributed by atoms with E-state index in [1.54, 1.807) is 0 Å². The van der Waals surface area contributed by atoms with Gasteiger partial charge in [-0.3, -0.25) is 19.2 Å². The Morgan fingerprint density at radius 1 is 0.590 bits per heavy atom. The van der Waals surface area contributed by atoms with Crippen LogP contribution in [0.4, 0.5) is 0 Å². The Kier molecular flexibility index (Phi) is 20.2. The van der Waals surface area contributed by atoms with Crippen molar-refractivity contribution in [2.24, 2.45) is 17.8 Å². The van der Waals surface area contributed by atoms with E-state index >= 15 is 0 Å². The highest BCUT2D eigenvalue weighted by atomic mass is 16.5. The normalized spacial score (nSPS) is 12.1. The summed E-state index contributed by atoms with van der Waals surface area (Å²) in [5, 5.41) is 6.17. The smallest absolute Gasteiger partial charge is 0.246 e. The topological polar surface area (TPSA) is 129 Å².